The summed E-state index contributed by atoms with van der Waals surface area (Å²) in [4.78, 5) is 3.93. The Hall–Kier alpha value is -2.45. The lowest BCUT2D eigenvalue weighted by atomic mass is 9.86. The highest BCUT2D eigenvalue weighted by atomic mass is 35.5. The van der Waals surface area contributed by atoms with Crippen LogP contribution in [0, 0.1) is 17.5 Å². The first-order chi connectivity index (χ1) is 16.5. The largest absolute Gasteiger partial charge is 0.386 e. The molecule has 0 radical (unpaired) electrons. The van der Waals surface area contributed by atoms with Gasteiger partial charge in [-0.1, -0.05) is 41.9 Å². The third-order valence-electron chi connectivity index (χ3n) is 4.58. The van der Waals surface area contributed by atoms with Crippen LogP contribution < -0.4 is 5.73 Å². The molecule has 0 unspecified atom stereocenters. The minimum atomic E-state index is -3.83. The van der Waals surface area contributed by atoms with Crippen molar-refractivity contribution >= 4 is 11.6 Å². The van der Waals surface area contributed by atoms with E-state index >= 15 is 4.39 Å². The highest BCUT2D eigenvalue weighted by Crippen LogP contribution is 2.37. The fraction of sp³-hybridized carbons (Fsp3) is 0.227. The fourth-order valence-corrected chi connectivity index (χ4v) is 3.13. The molecule has 0 spiro atoms. The predicted molar refractivity (Wildman–Crippen MR) is 108 cm³/mol. The second-order valence-electron chi connectivity index (χ2n) is 6.60. The molecule has 0 saturated heterocycles. The van der Waals surface area contributed by atoms with Crippen molar-refractivity contribution in [3.63, 3.8) is 0 Å². The van der Waals surface area contributed by atoms with E-state index < -0.39 is 76.4 Å². The normalized spacial score (nSPS) is 17.7. The second kappa shape index (κ2) is 8.00. The van der Waals surface area contributed by atoms with Gasteiger partial charge in [0.1, 0.15) is 22.9 Å². The van der Waals surface area contributed by atoms with E-state index in [1.807, 2.05) is 0 Å². The molecule has 3 aromatic rings. The van der Waals surface area contributed by atoms with Gasteiger partial charge in [-0.2, -0.15) is 0 Å². The molecule has 0 aliphatic heterocycles. The fourth-order valence-electron chi connectivity index (χ4n) is 2.97. The van der Waals surface area contributed by atoms with Crippen molar-refractivity contribution in [2.45, 2.75) is 24.9 Å². The van der Waals surface area contributed by atoms with Crippen LogP contribution in [0.5, 0.6) is 0 Å². The van der Waals surface area contributed by atoms with Crippen LogP contribution in [0.1, 0.15) is 38.7 Å². The zero-order valence-electron chi connectivity index (χ0n) is 21.3. The zero-order valence-corrected chi connectivity index (χ0v) is 16.0. The molecule has 0 fully saturated rings. The Morgan fingerprint density at radius 1 is 1.07 bits per heavy atom. The minimum Gasteiger partial charge on any atom is -0.386 e. The second-order valence-corrected chi connectivity index (χ2v) is 7.01. The maximum Gasteiger partial charge on any atom is 0.155 e. The third-order valence-corrected chi connectivity index (χ3v) is 4.87. The lowest BCUT2D eigenvalue weighted by molar-refractivity contribution is 0.0702. The number of hydrogen-bond donors (Lipinski definition) is 3. The molecule has 1 aromatic heterocycles. The summed E-state index contributed by atoms with van der Waals surface area (Å²) in [6, 6.07) is 8.98. The minimum absolute atomic E-state index is 0.0902. The third kappa shape index (κ3) is 3.94. The molecular weight excluding hydrogens is 417 g/mol. The average Bonchev–Trinajstić information content (AvgIpc) is 2.80. The van der Waals surface area contributed by atoms with Gasteiger partial charge in [0.05, 0.1) is 16.3 Å². The molecule has 1 heterocycles. The Bertz CT molecular complexity index is 1280. The van der Waals surface area contributed by atoms with Gasteiger partial charge in [0, 0.05) is 32.0 Å². The zero-order chi connectivity index (χ0) is 27.3. The number of benzene rings is 2. The number of pyridine rings is 1. The Labute approximate surface area is 185 Å². The lowest BCUT2D eigenvalue weighted by Crippen LogP contribution is -2.38. The number of halogens is 4. The Kier molecular flexibility index (Phi) is 4.10. The van der Waals surface area contributed by atoms with Crippen molar-refractivity contribution in [1.82, 2.24) is 4.98 Å². The summed E-state index contributed by atoms with van der Waals surface area (Å²) in [6.07, 6.45) is 0. The van der Waals surface area contributed by atoms with E-state index in [0.29, 0.717) is 18.2 Å². The van der Waals surface area contributed by atoms with Gasteiger partial charge >= 0.3 is 0 Å². The number of rotatable bonds is 5. The van der Waals surface area contributed by atoms with Crippen LogP contribution in [0.3, 0.4) is 0 Å². The maximum absolute atomic E-state index is 15.9. The summed E-state index contributed by atoms with van der Waals surface area (Å²) in [5.74, 6) is -4.31. The Morgan fingerprint density at radius 3 is 2.33 bits per heavy atom. The van der Waals surface area contributed by atoms with Gasteiger partial charge in [0.15, 0.2) is 5.82 Å². The van der Waals surface area contributed by atoms with Gasteiger partial charge in [-0.25, -0.2) is 18.2 Å². The number of hydrogen-bond acceptors (Lipinski definition) is 4. The van der Waals surface area contributed by atoms with E-state index in [-0.39, 0.29) is 5.56 Å². The van der Waals surface area contributed by atoms with Crippen LogP contribution in [0.15, 0.2) is 48.5 Å². The van der Waals surface area contributed by atoms with Crippen molar-refractivity contribution in [2.24, 2.45) is 5.73 Å². The molecule has 1 atom stereocenters. The number of nitrogens with zero attached hydrogens (tertiary/aromatic N) is 1. The van der Waals surface area contributed by atoms with Gasteiger partial charge in [0.2, 0.25) is 0 Å². The molecule has 3 rings (SSSR count). The van der Waals surface area contributed by atoms with Crippen molar-refractivity contribution in [3.8, 4) is 11.3 Å². The quantitative estimate of drug-likeness (QED) is 0.516. The smallest absolute Gasteiger partial charge is 0.155 e. The van der Waals surface area contributed by atoms with Crippen molar-refractivity contribution in [2.75, 3.05) is 6.54 Å². The Balaban J connectivity index is 2.52. The van der Waals surface area contributed by atoms with E-state index in [4.69, 9.17) is 25.6 Å². The highest BCUT2D eigenvalue weighted by Gasteiger charge is 2.36. The summed E-state index contributed by atoms with van der Waals surface area (Å²) in [7, 11) is 0. The lowest BCUT2D eigenvalue weighted by Gasteiger charge is -2.29. The molecule has 4 N–H and O–H groups in total. The van der Waals surface area contributed by atoms with E-state index in [1.54, 1.807) is 6.07 Å². The first kappa shape index (κ1) is 15.4. The predicted octanol–water partition coefficient (Wildman–Crippen LogP) is 4.24. The van der Waals surface area contributed by atoms with Crippen LogP contribution >= 0.6 is 11.6 Å². The molecule has 158 valence electrons. The summed E-state index contributed by atoms with van der Waals surface area (Å²) >= 11 is 5.73. The van der Waals surface area contributed by atoms with Crippen LogP contribution in [0.25, 0.3) is 11.3 Å². The highest BCUT2D eigenvalue weighted by molar-refractivity contribution is 6.31. The molecule has 0 aliphatic carbocycles. The number of nitrogens with two attached hydrogens (primary N) is 1. The van der Waals surface area contributed by atoms with Crippen molar-refractivity contribution < 1.29 is 31.6 Å². The van der Waals surface area contributed by atoms with E-state index in [2.05, 4.69) is 4.98 Å². The summed E-state index contributed by atoms with van der Waals surface area (Å²) in [5.41, 5.74) is -3.97. The molecule has 4 nitrogen and oxygen atoms in total. The topological polar surface area (TPSA) is 79.4 Å². The van der Waals surface area contributed by atoms with Crippen LogP contribution in [-0.4, -0.2) is 21.7 Å². The van der Waals surface area contributed by atoms with Crippen LogP contribution in [0.4, 0.5) is 13.2 Å². The van der Waals surface area contributed by atoms with E-state index in [0.717, 1.165) is 0 Å². The standard InChI is InChI=1S/C22H20ClF3N2O2/c1-21(2,29)14-9-18(22(30,11-27)12-6-4-3-5-7-12)28-20(19(14)26)13-8-15(23)17(25)10-16(13)24/h3-10,29-30H,11,27H2,1-2H3/t22-/m1/s1/i1D3,2D3. The molecule has 0 bridgehead atoms. The van der Waals surface area contributed by atoms with Crippen LogP contribution in [-0.2, 0) is 11.2 Å². The molecule has 0 aliphatic rings. The van der Waals surface area contributed by atoms with Gasteiger partial charge in [0.25, 0.3) is 0 Å². The molecule has 30 heavy (non-hydrogen) atoms. The first-order valence-corrected chi connectivity index (χ1v) is 8.93. The molecule has 0 amide bonds. The first-order valence-electron chi connectivity index (χ1n) is 11.6. The van der Waals surface area contributed by atoms with E-state index in [1.165, 1.54) is 24.3 Å². The number of aromatic nitrogens is 1. The van der Waals surface area contributed by atoms with Gasteiger partial charge in [-0.05, 0) is 31.4 Å². The summed E-state index contributed by atoms with van der Waals surface area (Å²) in [5, 5.41) is 21.8. The Morgan fingerprint density at radius 2 is 1.73 bits per heavy atom. The van der Waals surface area contributed by atoms with Gasteiger partial charge in [-0.15, -0.1) is 0 Å². The average molecular weight is 443 g/mol. The molecule has 0 saturated carbocycles. The van der Waals surface area contributed by atoms with E-state index in [9.17, 15) is 19.0 Å². The number of aliphatic hydroxyl groups is 2. The maximum atomic E-state index is 15.9. The van der Waals surface area contributed by atoms with Gasteiger partial charge in [-0.3, -0.25) is 0 Å². The van der Waals surface area contributed by atoms with Gasteiger partial charge < -0.3 is 15.9 Å². The summed E-state index contributed by atoms with van der Waals surface area (Å²) in [6.45, 7) is -8.09. The van der Waals surface area contributed by atoms with Crippen LogP contribution in [0.2, 0.25) is 5.02 Å². The SMILES string of the molecule is [2H]C([2H])([2H])C(O)(c1cc([C@@](O)(CN)c2ccccc2)nc(-c2cc(Cl)c(F)cc2F)c1F)C([2H])([2H])[2H]. The molecular formula is C22H20ClF3N2O2. The molecule has 2 aromatic carbocycles. The summed E-state index contributed by atoms with van der Waals surface area (Å²) < 4.78 is 90.5. The van der Waals surface area contributed by atoms with Crippen molar-refractivity contribution in [1.29, 1.82) is 0 Å². The monoisotopic (exact) mass is 442 g/mol. The van der Waals surface area contributed by atoms with Crippen molar-refractivity contribution in [3.05, 3.63) is 87.8 Å². The molecule has 8 heteroatoms.